The van der Waals surface area contributed by atoms with Crippen LogP contribution in [0.15, 0.2) is 35.2 Å². The third kappa shape index (κ3) is 3.18. The van der Waals surface area contributed by atoms with Gasteiger partial charge in [-0.2, -0.15) is 8.42 Å². The average molecular weight is 266 g/mol. The van der Waals surface area contributed by atoms with Gasteiger partial charge in [0, 0.05) is 22.4 Å². The molecule has 0 saturated carbocycles. The summed E-state index contributed by atoms with van der Waals surface area (Å²) in [5.74, 6) is 0. The Morgan fingerprint density at radius 1 is 1.09 bits per heavy atom. The quantitative estimate of drug-likeness (QED) is 0.607. The van der Waals surface area contributed by atoms with Crippen LogP contribution < -0.4 is 0 Å². The van der Waals surface area contributed by atoms with E-state index in [9.17, 15) is 8.42 Å². The molecule has 0 atom stereocenters. The van der Waals surface area contributed by atoms with Crippen molar-refractivity contribution in [1.29, 1.82) is 0 Å². The van der Waals surface area contributed by atoms with E-state index in [1.807, 2.05) is 0 Å². The molecule has 1 aromatic carbocycles. The first-order valence-electron chi connectivity index (χ1n) is 2.63. The van der Waals surface area contributed by atoms with E-state index >= 15 is 0 Å². The van der Waals surface area contributed by atoms with E-state index in [1.165, 1.54) is 12.1 Å². The van der Waals surface area contributed by atoms with Crippen molar-refractivity contribution in [3.8, 4) is 0 Å². The van der Waals surface area contributed by atoms with Crippen LogP contribution in [0, 0.1) is 0 Å². The normalized spacial score (nSPS) is 10.3. The monoisotopic (exact) mass is 265 g/mol. The molecule has 1 N–H and O–H groups in total. The minimum Gasteiger partial charge on any atom is -0.282 e. The predicted octanol–water partition coefficient (Wildman–Crippen LogP) is 0.931. The van der Waals surface area contributed by atoms with Gasteiger partial charge in [-0.3, -0.25) is 4.55 Å². The second-order valence-corrected chi connectivity index (χ2v) is 3.21. The van der Waals surface area contributed by atoms with Crippen LogP contribution in [0.1, 0.15) is 0 Å². The maximum absolute atomic E-state index is 10.4. The largest absolute Gasteiger partial charge is 0.294 e. The van der Waals surface area contributed by atoms with Crippen molar-refractivity contribution in [2.45, 2.75) is 4.90 Å². The van der Waals surface area contributed by atoms with E-state index < -0.39 is 10.1 Å². The van der Waals surface area contributed by atoms with Gasteiger partial charge in [0.1, 0.15) is 0 Å². The third-order valence-electron chi connectivity index (χ3n) is 1.04. The molecule has 0 unspecified atom stereocenters. The van der Waals surface area contributed by atoms with Crippen LogP contribution in [0.5, 0.6) is 0 Å². The Kier molecular flexibility index (Phi) is 3.99. The SMILES string of the molecule is O=S(=O)(O)c1ccccc1.[Ag]. The van der Waals surface area contributed by atoms with Gasteiger partial charge in [0.05, 0.1) is 4.90 Å². The van der Waals surface area contributed by atoms with Crippen molar-refractivity contribution in [1.82, 2.24) is 0 Å². The maximum atomic E-state index is 10.4. The summed E-state index contributed by atoms with van der Waals surface area (Å²) in [4.78, 5) is -0.0741. The molecule has 0 spiro atoms. The molecule has 0 aliphatic rings. The van der Waals surface area contributed by atoms with Crippen LogP contribution in [0.4, 0.5) is 0 Å². The van der Waals surface area contributed by atoms with Gasteiger partial charge < -0.3 is 0 Å². The molecule has 0 fully saturated rings. The number of hydrogen-bond acceptors (Lipinski definition) is 2. The summed E-state index contributed by atoms with van der Waals surface area (Å²) in [6.45, 7) is 0. The zero-order valence-electron chi connectivity index (χ0n) is 5.36. The Labute approximate surface area is 80.7 Å². The van der Waals surface area contributed by atoms with Crippen molar-refractivity contribution >= 4 is 10.1 Å². The topological polar surface area (TPSA) is 54.4 Å². The summed E-state index contributed by atoms with van der Waals surface area (Å²) in [5, 5.41) is 0. The zero-order valence-corrected chi connectivity index (χ0v) is 7.66. The standard InChI is InChI=1S/C6H6O3S.Ag/c7-10(8,9)6-4-2-1-3-5-6;/h1-5H,(H,7,8,9);. The van der Waals surface area contributed by atoms with Gasteiger partial charge in [-0.25, -0.2) is 0 Å². The molecule has 1 rings (SSSR count). The van der Waals surface area contributed by atoms with Gasteiger partial charge >= 0.3 is 0 Å². The van der Waals surface area contributed by atoms with Gasteiger partial charge in [-0.15, -0.1) is 0 Å². The van der Waals surface area contributed by atoms with Gasteiger partial charge in [0.15, 0.2) is 0 Å². The van der Waals surface area contributed by atoms with Crippen molar-refractivity contribution in [2.24, 2.45) is 0 Å². The van der Waals surface area contributed by atoms with E-state index in [4.69, 9.17) is 4.55 Å². The number of hydrogen-bond donors (Lipinski definition) is 1. The Morgan fingerprint density at radius 2 is 1.55 bits per heavy atom. The van der Waals surface area contributed by atoms with Gasteiger partial charge in [-0.1, -0.05) is 18.2 Å². The fraction of sp³-hybridized carbons (Fsp3) is 0. The second kappa shape index (κ2) is 4.04. The Balaban J connectivity index is 0.000001000. The first-order chi connectivity index (χ1) is 4.61. The molecule has 3 nitrogen and oxygen atoms in total. The molecular weight excluding hydrogens is 260 g/mol. The van der Waals surface area contributed by atoms with E-state index in [0.717, 1.165) is 0 Å². The Hall–Kier alpha value is -0.130. The predicted molar refractivity (Wildman–Crippen MR) is 36.3 cm³/mol. The summed E-state index contributed by atoms with van der Waals surface area (Å²) in [6, 6.07) is 7.42. The molecule has 0 amide bonds. The minimum absolute atomic E-state index is 0. The van der Waals surface area contributed by atoms with Gasteiger partial charge in [0.2, 0.25) is 0 Å². The molecule has 0 aliphatic heterocycles. The van der Waals surface area contributed by atoms with Crippen LogP contribution in [0.3, 0.4) is 0 Å². The van der Waals surface area contributed by atoms with Crippen LogP contribution in [-0.4, -0.2) is 13.0 Å². The fourth-order valence-corrected chi connectivity index (χ4v) is 1.09. The van der Waals surface area contributed by atoms with E-state index in [0.29, 0.717) is 0 Å². The number of rotatable bonds is 1. The van der Waals surface area contributed by atoms with Crippen LogP contribution in [0.2, 0.25) is 0 Å². The Morgan fingerprint density at radius 3 is 1.82 bits per heavy atom. The molecule has 0 saturated heterocycles. The van der Waals surface area contributed by atoms with Crippen molar-refractivity contribution < 1.29 is 35.4 Å². The first-order valence-corrected chi connectivity index (χ1v) is 4.07. The first kappa shape index (κ1) is 10.9. The van der Waals surface area contributed by atoms with Crippen LogP contribution in [-0.2, 0) is 32.5 Å². The average Bonchev–Trinajstić information content (AvgIpc) is 1.88. The van der Waals surface area contributed by atoms with E-state index in [2.05, 4.69) is 0 Å². The summed E-state index contributed by atoms with van der Waals surface area (Å²) in [5.41, 5.74) is 0. The van der Waals surface area contributed by atoms with Gasteiger partial charge in [-0.05, 0) is 12.1 Å². The summed E-state index contributed by atoms with van der Waals surface area (Å²) in [7, 11) is -4.00. The molecule has 0 bridgehead atoms. The number of benzene rings is 1. The molecular formula is C6H6AgO3S. The van der Waals surface area contributed by atoms with E-state index in [-0.39, 0.29) is 27.3 Å². The van der Waals surface area contributed by atoms with Crippen molar-refractivity contribution in [3.63, 3.8) is 0 Å². The molecule has 0 aliphatic carbocycles. The molecule has 65 valence electrons. The Bertz CT molecular complexity index is 306. The molecule has 5 heteroatoms. The van der Waals surface area contributed by atoms with E-state index in [1.54, 1.807) is 18.2 Å². The van der Waals surface area contributed by atoms with Gasteiger partial charge in [0.25, 0.3) is 10.1 Å². The molecule has 1 aromatic rings. The molecule has 11 heavy (non-hydrogen) atoms. The van der Waals surface area contributed by atoms with Crippen LogP contribution >= 0.6 is 0 Å². The van der Waals surface area contributed by atoms with Crippen molar-refractivity contribution in [3.05, 3.63) is 30.3 Å². The molecule has 0 aromatic heterocycles. The zero-order chi connectivity index (χ0) is 7.61. The molecule has 0 heterocycles. The minimum atomic E-state index is -4.00. The smallest absolute Gasteiger partial charge is 0.282 e. The summed E-state index contributed by atoms with van der Waals surface area (Å²) < 4.78 is 29.2. The van der Waals surface area contributed by atoms with Crippen molar-refractivity contribution in [2.75, 3.05) is 0 Å². The fourth-order valence-electron chi connectivity index (χ4n) is 0.592. The maximum Gasteiger partial charge on any atom is 0.294 e. The summed E-state index contributed by atoms with van der Waals surface area (Å²) >= 11 is 0. The van der Waals surface area contributed by atoms with Crippen LogP contribution in [0.25, 0.3) is 0 Å². The molecule has 1 radical (unpaired) electrons. The third-order valence-corrected chi connectivity index (χ3v) is 1.91. The summed E-state index contributed by atoms with van der Waals surface area (Å²) in [6.07, 6.45) is 0. The second-order valence-electron chi connectivity index (χ2n) is 1.79.